The summed E-state index contributed by atoms with van der Waals surface area (Å²) in [6.45, 7) is 2.41. The number of nitrogens with one attached hydrogen (secondary N) is 1. The zero-order chi connectivity index (χ0) is 14.3. The van der Waals surface area contributed by atoms with E-state index in [-0.39, 0.29) is 5.91 Å². The van der Waals surface area contributed by atoms with Gasteiger partial charge < -0.3 is 19.5 Å². The molecule has 0 atom stereocenters. The molecule has 1 rings (SSSR count). The molecule has 0 heterocycles. The molecule has 1 aromatic carbocycles. The van der Waals surface area contributed by atoms with Crippen LogP contribution in [0.5, 0.6) is 17.2 Å². The number of methoxy groups -OCH3 is 3. The summed E-state index contributed by atoms with van der Waals surface area (Å²) in [5.41, 5.74) is 0.902. The number of hydrogen-bond acceptors (Lipinski definition) is 4. The lowest BCUT2D eigenvalue weighted by atomic mass is 10.1. The van der Waals surface area contributed by atoms with Crippen molar-refractivity contribution in [1.82, 2.24) is 5.32 Å². The van der Waals surface area contributed by atoms with Crippen molar-refractivity contribution in [2.75, 3.05) is 21.3 Å². The molecule has 1 N–H and O–H groups in total. The Kier molecular flexibility index (Phi) is 5.99. The van der Waals surface area contributed by atoms with E-state index in [9.17, 15) is 4.79 Å². The molecule has 5 heteroatoms. The SMILES string of the molecule is CCCC(=O)NCc1cc(OC)c(OC)c(OC)c1. The summed E-state index contributed by atoms with van der Waals surface area (Å²) in [4.78, 5) is 11.5. The molecule has 5 nitrogen and oxygen atoms in total. The third-order valence-corrected chi connectivity index (χ3v) is 2.69. The predicted octanol–water partition coefficient (Wildman–Crippen LogP) is 2.13. The number of benzene rings is 1. The van der Waals surface area contributed by atoms with Gasteiger partial charge in [-0.3, -0.25) is 4.79 Å². The summed E-state index contributed by atoms with van der Waals surface area (Å²) in [6, 6.07) is 3.65. The van der Waals surface area contributed by atoms with Crippen LogP contribution < -0.4 is 19.5 Å². The second kappa shape index (κ2) is 7.51. The standard InChI is InChI=1S/C14H21NO4/c1-5-6-13(16)15-9-10-7-11(17-2)14(19-4)12(8-10)18-3/h7-8H,5-6,9H2,1-4H3,(H,15,16). The van der Waals surface area contributed by atoms with Crippen LogP contribution >= 0.6 is 0 Å². The third kappa shape index (κ3) is 4.05. The number of carbonyl (C=O) groups is 1. The molecule has 0 aliphatic carbocycles. The van der Waals surface area contributed by atoms with E-state index in [1.807, 2.05) is 19.1 Å². The van der Waals surface area contributed by atoms with Crippen molar-refractivity contribution >= 4 is 5.91 Å². The van der Waals surface area contributed by atoms with Crippen molar-refractivity contribution in [3.63, 3.8) is 0 Å². The maximum atomic E-state index is 11.5. The van der Waals surface area contributed by atoms with Gasteiger partial charge in [-0.05, 0) is 24.1 Å². The average molecular weight is 267 g/mol. The second-order valence-electron chi connectivity index (χ2n) is 4.06. The molecule has 0 saturated heterocycles. The molecule has 0 aromatic heterocycles. The van der Waals surface area contributed by atoms with E-state index >= 15 is 0 Å². The number of ether oxygens (including phenoxy) is 3. The zero-order valence-electron chi connectivity index (χ0n) is 11.9. The fourth-order valence-corrected chi connectivity index (χ4v) is 1.75. The van der Waals surface area contributed by atoms with Gasteiger partial charge in [0.05, 0.1) is 21.3 Å². The van der Waals surface area contributed by atoms with Crippen LogP contribution in [0.3, 0.4) is 0 Å². The number of rotatable bonds is 7. The molecular weight excluding hydrogens is 246 g/mol. The van der Waals surface area contributed by atoms with Crippen molar-refractivity contribution in [2.24, 2.45) is 0 Å². The van der Waals surface area contributed by atoms with Gasteiger partial charge in [0.15, 0.2) is 11.5 Å². The van der Waals surface area contributed by atoms with E-state index in [0.717, 1.165) is 12.0 Å². The van der Waals surface area contributed by atoms with Crippen LogP contribution in [0.2, 0.25) is 0 Å². The minimum absolute atomic E-state index is 0.0382. The molecule has 0 bridgehead atoms. The van der Waals surface area contributed by atoms with Gasteiger partial charge in [0.25, 0.3) is 0 Å². The second-order valence-corrected chi connectivity index (χ2v) is 4.06. The lowest BCUT2D eigenvalue weighted by molar-refractivity contribution is -0.121. The molecule has 0 spiro atoms. The zero-order valence-corrected chi connectivity index (χ0v) is 11.9. The van der Waals surface area contributed by atoms with Crippen molar-refractivity contribution < 1.29 is 19.0 Å². The monoisotopic (exact) mass is 267 g/mol. The first-order chi connectivity index (χ1) is 9.15. The molecule has 0 saturated carbocycles. The number of amides is 1. The quantitative estimate of drug-likeness (QED) is 0.822. The van der Waals surface area contributed by atoms with Crippen molar-refractivity contribution in [3.8, 4) is 17.2 Å². The first-order valence-electron chi connectivity index (χ1n) is 6.21. The molecule has 1 aromatic rings. The first kappa shape index (κ1) is 15.1. The van der Waals surface area contributed by atoms with E-state index in [4.69, 9.17) is 14.2 Å². The van der Waals surface area contributed by atoms with Gasteiger partial charge in [0.2, 0.25) is 11.7 Å². The van der Waals surface area contributed by atoms with Crippen molar-refractivity contribution in [3.05, 3.63) is 17.7 Å². The fraction of sp³-hybridized carbons (Fsp3) is 0.500. The van der Waals surface area contributed by atoms with Crippen molar-refractivity contribution in [2.45, 2.75) is 26.3 Å². The predicted molar refractivity (Wildman–Crippen MR) is 72.9 cm³/mol. The Morgan fingerprint density at radius 2 is 1.68 bits per heavy atom. The summed E-state index contributed by atoms with van der Waals surface area (Å²) in [7, 11) is 4.69. The molecule has 1 amide bonds. The Hall–Kier alpha value is -1.91. The van der Waals surface area contributed by atoms with Crippen LogP contribution in [-0.4, -0.2) is 27.2 Å². The van der Waals surface area contributed by atoms with Crippen LogP contribution in [0.1, 0.15) is 25.3 Å². The Morgan fingerprint density at radius 3 is 2.11 bits per heavy atom. The van der Waals surface area contributed by atoms with E-state index in [0.29, 0.717) is 30.2 Å². The lowest BCUT2D eigenvalue weighted by Gasteiger charge is -2.14. The van der Waals surface area contributed by atoms with Crippen LogP contribution in [0.4, 0.5) is 0 Å². The smallest absolute Gasteiger partial charge is 0.220 e. The lowest BCUT2D eigenvalue weighted by Crippen LogP contribution is -2.22. The number of hydrogen-bond donors (Lipinski definition) is 1. The van der Waals surface area contributed by atoms with E-state index in [1.165, 1.54) is 0 Å². The maximum absolute atomic E-state index is 11.5. The van der Waals surface area contributed by atoms with Crippen LogP contribution in [-0.2, 0) is 11.3 Å². The summed E-state index contributed by atoms with van der Waals surface area (Å²) >= 11 is 0. The van der Waals surface area contributed by atoms with Crippen LogP contribution in [0.15, 0.2) is 12.1 Å². The van der Waals surface area contributed by atoms with Gasteiger partial charge in [-0.2, -0.15) is 0 Å². The average Bonchev–Trinajstić information content (AvgIpc) is 2.44. The van der Waals surface area contributed by atoms with Crippen LogP contribution in [0, 0.1) is 0 Å². The van der Waals surface area contributed by atoms with Crippen LogP contribution in [0.25, 0.3) is 0 Å². The summed E-state index contributed by atoms with van der Waals surface area (Å²) in [6.07, 6.45) is 1.37. The van der Waals surface area contributed by atoms with Gasteiger partial charge in [0, 0.05) is 13.0 Å². The largest absolute Gasteiger partial charge is 0.493 e. The fourth-order valence-electron chi connectivity index (χ4n) is 1.75. The number of carbonyl (C=O) groups excluding carboxylic acids is 1. The minimum atomic E-state index is 0.0382. The Bertz CT molecular complexity index is 406. The van der Waals surface area contributed by atoms with E-state index in [2.05, 4.69) is 5.32 Å². The van der Waals surface area contributed by atoms with Gasteiger partial charge in [0.1, 0.15) is 0 Å². The van der Waals surface area contributed by atoms with Gasteiger partial charge in [-0.25, -0.2) is 0 Å². The molecular formula is C14H21NO4. The molecule has 0 aliphatic rings. The Labute approximate surface area is 113 Å². The van der Waals surface area contributed by atoms with E-state index in [1.54, 1.807) is 21.3 Å². The highest BCUT2D eigenvalue weighted by molar-refractivity contribution is 5.75. The highest BCUT2D eigenvalue weighted by Gasteiger charge is 2.13. The normalized spacial score (nSPS) is 9.89. The van der Waals surface area contributed by atoms with E-state index < -0.39 is 0 Å². The third-order valence-electron chi connectivity index (χ3n) is 2.69. The molecule has 0 fully saturated rings. The molecule has 19 heavy (non-hydrogen) atoms. The summed E-state index contributed by atoms with van der Waals surface area (Å²) in [5, 5.41) is 2.85. The van der Waals surface area contributed by atoms with Gasteiger partial charge in [-0.1, -0.05) is 6.92 Å². The topological polar surface area (TPSA) is 56.8 Å². The highest BCUT2D eigenvalue weighted by atomic mass is 16.5. The molecule has 106 valence electrons. The Morgan fingerprint density at radius 1 is 1.11 bits per heavy atom. The first-order valence-corrected chi connectivity index (χ1v) is 6.21. The van der Waals surface area contributed by atoms with Gasteiger partial charge >= 0.3 is 0 Å². The Balaban J connectivity index is 2.87. The highest BCUT2D eigenvalue weighted by Crippen LogP contribution is 2.38. The summed E-state index contributed by atoms with van der Waals surface area (Å²) in [5.74, 6) is 1.76. The van der Waals surface area contributed by atoms with Crippen molar-refractivity contribution in [1.29, 1.82) is 0 Å². The minimum Gasteiger partial charge on any atom is -0.493 e. The molecule has 0 aliphatic heterocycles. The molecule has 0 radical (unpaired) electrons. The van der Waals surface area contributed by atoms with Gasteiger partial charge in [-0.15, -0.1) is 0 Å². The summed E-state index contributed by atoms with van der Waals surface area (Å²) < 4.78 is 15.8. The maximum Gasteiger partial charge on any atom is 0.220 e. The molecule has 0 unspecified atom stereocenters.